The van der Waals surface area contributed by atoms with E-state index in [1.165, 1.54) is 0 Å². The first-order valence-electron chi connectivity index (χ1n) is 10.9. The third kappa shape index (κ3) is 7.76. The predicted octanol–water partition coefficient (Wildman–Crippen LogP) is 3.91. The first-order valence-corrected chi connectivity index (χ1v) is 11.8. The Balaban J connectivity index is 1.55. The van der Waals surface area contributed by atoms with E-state index in [1.807, 2.05) is 42.6 Å². The van der Waals surface area contributed by atoms with E-state index in [0.717, 1.165) is 54.7 Å². The Morgan fingerprint density at radius 3 is 2.81 bits per heavy atom. The molecular formula is C24H33N3O3S. The molecule has 0 bridgehead atoms. The number of hydrogen-bond donors (Lipinski definition) is 1. The van der Waals surface area contributed by atoms with E-state index in [0.29, 0.717) is 25.1 Å². The van der Waals surface area contributed by atoms with Crippen molar-refractivity contribution in [2.75, 3.05) is 32.8 Å². The maximum atomic E-state index is 12.5. The Labute approximate surface area is 189 Å². The van der Waals surface area contributed by atoms with Gasteiger partial charge < -0.3 is 14.8 Å². The number of nitrogens with zero attached hydrogens (tertiary/aromatic N) is 2. The van der Waals surface area contributed by atoms with E-state index < -0.39 is 0 Å². The normalized spacial score (nSPS) is 16.0. The molecule has 0 aliphatic carbocycles. The molecule has 1 aliphatic heterocycles. The van der Waals surface area contributed by atoms with Crippen LogP contribution in [0.4, 0.5) is 0 Å². The summed E-state index contributed by atoms with van der Waals surface area (Å²) in [6.07, 6.45) is 4.45. The van der Waals surface area contributed by atoms with Gasteiger partial charge in [-0.05, 0) is 31.4 Å². The molecule has 1 aromatic heterocycles. The third-order valence-corrected chi connectivity index (χ3v) is 6.02. The van der Waals surface area contributed by atoms with E-state index >= 15 is 0 Å². The van der Waals surface area contributed by atoms with Crippen LogP contribution in [0.15, 0.2) is 35.7 Å². The number of para-hydroxylation sites is 1. The van der Waals surface area contributed by atoms with Crippen molar-refractivity contribution in [1.29, 1.82) is 0 Å². The zero-order valence-electron chi connectivity index (χ0n) is 18.7. The Hall–Kier alpha value is -2.22. The number of ether oxygens (including phenoxy) is 2. The number of thiazole rings is 1. The molecule has 31 heavy (non-hydrogen) atoms. The van der Waals surface area contributed by atoms with E-state index in [2.05, 4.69) is 29.0 Å². The zero-order valence-corrected chi connectivity index (χ0v) is 19.5. The molecule has 2 aromatic rings. The second kappa shape index (κ2) is 12.0. The molecule has 1 aromatic carbocycles. The molecule has 1 amide bonds. The number of carbonyl (C=O) groups excluding carboxylic acids is 1. The number of hydrogen-bond acceptors (Lipinski definition) is 6. The fourth-order valence-corrected chi connectivity index (χ4v) is 4.26. The van der Waals surface area contributed by atoms with Crippen molar-refractivity contribution in [1.82, 2.24) is 15.2 Å². The van der Waals surface area contributed by atoms with Crippen LogP contribution in [0.3, 0.4) is 0 Å². The van der Waals surface area contributed by atoms with Crippen LogP contribution in [0.1, 0.15) is 36.5 Å². The fourth-order valence-electron chi connectivity index (χ4n) is 3.67. The van der Waals surface area contributed by atoms with Crippen molar-refractivity contribution in [2.45, 2.75) is 39.8 Å². The van der Waals surface area contributed by atoms with Gasteiger partial charge in [0, 0.05) is 42.7 Å². The number of morpholine rings is 1. The number of carbonyl (C=O) groups is 1. The molecule has 1 unspecified atom stereocenters. The highest BCUT2D eigenvalue weighted by Gasteiger charge is 2.22. The molecule has 1 saturated heterocycles. The molecule has 1 aliphatic rings. The van der Waals surface area contributed by atoms with Crippen molar-refractivity contribution in [3.05, 3.63) is 52.0 Å². The molecule has 1 atom stereocenters. The SMILES string of the molecule is Cc1nc(COc2ccccc2C=CC(=O)NCC(CC(C)C)N2CCOCC2)cs1. The van der Waals surface area contributed by atoms with Crippen LogP contribution in [-0.2, 0) is 16.1 Å². The van der Waals surface area contributed by atoms with Crippen LogP contribution in [0, 0.1) is 12.8 Å². The number of aromatic nitrogens is 1. The minimum Gasteiger partial charge on any atom is -0.487 e. The quantitative estimate of drug-likeness (QED) is 0.564. The lowest BCUT2D eigenvalue weighted by Gasteiger charge is -2.35. The van der Waals surface area contributed by atoms with Crippen LogP contribution in [-0.4, -0.2) is 54.7 Å². The van der Waals surface area contributed by atoms with Crippen molar-refractivity contribution in [3.8, 4) is 5.75 Å². The zero-order chi connectivity index (χ0) is 22.1. The van der Waals surface area contributed by atoms with Gasteiger partial charge in [0.05, 0.1) is 23.9 Å². The monoisotopic (exact) mass is 443 g/mol. The van der Waals surface area contributed by atoms with Gasteiger partial charge in [0.15, 0.2) is 0 Å². The van der Waals surface area contributed by atoms with Crippen molar-refractivity contribution < 1.29 is 14.3 Å². The van der Waals surface area contributed by atoms with Gasteiger partial charge in [-0.3, -0.25) is 9.69 Å². The Morgan fingerprint density at radius 2 is 2.10 bits per heavy atom. The van der Waals surface area contributed by atoms with E-state index in [1.54, 1.807) is 17.4 Å². The Kier molecular flexibility index (Phi) is 9.06. The van der Waals surface area contributed by atoms with Gasteiger partial charge in [-0.1, -0.05) is 32.0 Å². The maximum absolute atomic E-state index is 12.5. The van der Waals surface area contributed by atoms with E-state index in [4.69, 9.17) is 9.47 Å². The molecule has 1 N–H and O–H groups in total. The number of rotatable bonds is 10. The van der Waals surface area contributed by atoms with E-state index in [9.17, 15) is 4.79 Å². The second-order valence-corrected chi connectivity index (χ2v) is 9.26. The molecule has 0 saturated carbocycles. The van der Waals surface area contributed by atoms with Crippen LogP contribution in [0.2, 0.25) is 0 Å². The highest BCUT2D eigenvalue weighted by Crippen LogP contribution is 2.21. The van der Waals surface area contributed by atoms with Gasteiger partial charge in [-0.2, -0.15) is 0 Å². The second-order valence-electron chi connectivity index (χ2n) is 8.19. The van der Waals surface area contributed by atoms with Gasteiger partial charge in [-0.25, -0.2) is 4.98 Å². The number of amides is 1. The molecule has 0 spiro atoms. The van der Waals surface area contributed by atoms with Crippen LogP contribution in [0.25, 0.3) is 6.08 Å². The lowest BCUT2D eigenvalue weighted by molar-refractivity contribution is -0.116. The summed E-state index contributed by atoms with van der Waals surface area (Å²) in [7, 11) is 0. The predicted molar refractivity (Wildman–Crippen MR) is 125 cm³/mol. The first kappa shape index (κ1) is 23.4. The number of benzene rings is 1. The first-order chi connectivity index (χ1) is 15.0. The number of nitrogens with one attached hydrogen (secondary N) is 1. The summed E-state index contributed by atoms with van der Waals surface area (Å²) in [4.78, 5) is 19.3. The maximum Gasteiger partial charge on any atom is 0.244 e. The summed E-state index contributed by atoms with van der Waals surface area (Å²) in [5.41, 5.74) is 1.79. The van der Waals surface area contributed by atoms with Crippen LogP contribution in [0.5, 0.6) is 5.75 Å². The summed E-state index contributed by atoms with van der Waals surface area (Å²) in [5.74, 6) is 1.22. The molecule has 168 valence electrons. The average Bonchev–Trinajstić information content (AvgIpc) is 3.19. The smallest absolute Gasteiger partial charge is 0.244 e. The summed E-state index contributed by atoms with van der Waals surface area (Å²) in [5, 5.41) is 6.11. The molecular weight excluding hydrogens is 410 g/mol. The summed E-state index contributed by atoms with van der Waals surface area (Å²) in [6.45, 7) is 10.9. The highest BCUT2D eigenvalue weighted by atomic mass is 32.1. The topological polar surface area (TPSA) is 63.7 Å². The van der Waals surface area contributed by atoms with Gasteiger partial charge in [0.2, 0.25) is 5.91 Å². The van der Waals surface area contributed by atoms with Gasteiger partial charge in [0.1, 0.15) is 12.4 Å². The van der Waals surface area contributed by atoms with Gasteiger partial charge >= 0.3 is 0 Å². The lowest BCUT2D eigenvalue weighted by atomic mass is 10.0. The largest absolute Gasteiger partial charge is 0.487 e. The van der Waals surface area contributed by atoms with Crippen LogP contribution >= 0.6 is 11.3 Å². The van der Waals surface area contributed by atoms with Crippen LogP contribution < -0.4 is 10.1 Å². The minimum atomic E-state index is -0.0908. The van der Waals surface area contributed by atoms with E-state index in [-0.39, 0.29) is 5.91 Å². The average molecular weight is 444 g/mol. The Bertz CT molecular complexity index is 859. The molecule has 0 radical (unpaired) electrons. The Morgan fingerprint density at radius 1 is 1.32 bits per heavy atom. The van der Waals surface area contributed by atoms with Crippen molar-refractivity contribution in [2.24, 2.45) is 5.92 Å². The van der Waals surface area contributed by atoms with Gasteiger partial charge in [0.25, 0.3) is 0 Å². The third-order valence-electron chi connectivity index (χ3n) is 5.19. The summed E-state index contributed by atoms with van der Waals surface area (Å²) < 4.78 is 11.4. The highest BCUT2D eigenvalue weighted by molar-refractivity contribution is 7.09. The minimum absolute atomic E-state index is 0.0908. The molecule has 7 heteroatoms. The molecule has 1 fully saturated rings. The standard InChI is InChI=1S/C24H33N3O3S/c1-18(2)14-22(27-10-12-29-13-11-27)15-25-24(28)9-8-20-6-4-5-7-23(20)30-16-21-17-31-19(3)26-21/h4-9,17-18,22H,10-16H2,1-3H3,(H,25,28). The summed E-state index contributed by atoms with van der Waals surface area (Å²) >= 11 is 1.61. The van der Waals surface area contributed by atoms with Crippen molar-refractivity contribution >= 4 is 23.3 Å². The fraction of sp³-hybridized carbons (Fsp3) is 0.500. The molecule has 2 heterocycles. The summed E-state index contributed by atoms with van der Waals surface area (Å²) in [6, 6.07) is 8.06. The molecule has 6 nitrogen and oxygen atoms in total. The number of aryl methyl sites for hydroxylation is 1. The lowest BCUT2D eigenvalue weighted by Crippen LogP contribution is -2.49. The van der Waals surface area contributed by atoms with Crippen molar-refractivity contribution in [3.63, 3.8) is 0 Å². The van der Waals surface area contributed by atoms with Gasteiger partial charge in [-0.15, -0.1) is 11.3 Å². The molecule has 3 rings (SSSR count).